The Hall–Kier alpha value is -1.40. The van der Waals surface area contributed by atoms with Gasteiger partial charge in [0.05, 0.1) is 16.7 Å². The van der Waals surface area contributed by atoms with Gasteiger partial charge in [-0.3, -0.25) is 14.7 Å². The summed E-state index contributed by atoms with van der Waals surface area (Å²) in [5, 5.41) is 6.30. The van der Waals surface area contributed by atoms with Gasteiger partial charge >= 0.3 is 0 Å². The molecule has 1 aromatic rings. The van der Waals surface area contributed by atoms with Crippen molar-refractivity contribution in [3.63, 3.8) is 0 Å². The van der Waals surface area contributed by atoms with E-state index in [0.717, 1.165) is 18.7 Å². The van der Waals surface area contributed by atoms with Crippen molar-refractivity contribution in [2.75, 3.05) is 26.4 Å². The zero-order valence-corrected chi connectivity index (χ0v) is 11.2. The lowest BCUT2D eigenvalue weighted by Gasteiger charge is -2.12. The van der Waals surface area contributed by atoms with Crippen LogP contribution in [-0.2, 0) is 0 Å². The number of ketones is 2. The van der Waals surface area contributed by atoms with Gasteiger partial charge < -0.3 is 4.90 Å². The third kappa shape index (κ3) is 2.70. The highest BCUT2D eigenvalue weighted by atomic mass is 32.2. The molecule has 1 aliphatic carbocycles. The zero-order chi connectivity index (χ0) is 13.1. The SMILES string of the molecule is CN(C)CCCSC1=CC(=O)c2[nH]ncc2C1=O. The standard InChI is InChI=1S/C12H15N3O2S/c1-15(2)4-3-5-18-10-6-9(16)11-8(12(10)17)7-13-14-11/h6-7H,3-5H2,1-2H3,(H,13,14). The normalized spacial score (nSPS) is 14.9. The summed E-state index contributed by atoms with van der Waals surface area (Å²) in [5.41, 5.74) is 0.690. The number of carbonyl (C=O) groups is 2. The number of thioether (sulfide) groups is 1. The molecule has 0 spiro atoms. The van der Waals surface area contributed by atoms with E-state index in [-0.39, 0.29) is 11.6 Å². The minimum absolute atomic E-state index is 0.104. The van der Waals surface area contributed by atoms with Crippen LogP contribution in [0.5, 0.6) is 0 Å². The number of H-pyrrole nitrogens is 1. The minimum atomic E-state index is -0.169. The molecule has 1 aromatic heterocycles. The smallest absolute Gasteiger partial charge is 0.205 e. The summed E-state index contributed by atoms with van der Waals surface area (Å²) >= 11 is 1.44. The van der Waals surface area contributed by atoms with Gasteiger partial charge in [0.2, 0.25) is 11.6 Å². The second-order valence-electron chi connectivity index (χ2n) is 4.37. The Kier molecular flexibility index (Phi) is 3.98. The summed E-state index contributed by atoms with van der Waals surface area (Å²) in [6.45, 7) is 0.972. The zero-order valence-electron chi connectivity index (χ0n) is 10.4. The fourth-order valence-electron chi connectivity index (χ4n) is 1.71. The number of nitrogens with one attached hydrogen (secondary N) is 1. The third-order valence-corrected chi connectivity index (χ3v) is 3.73. The van der Waals surface area contributed by atoms with Crippen LogP contribution in [0.4, 0.5) is 0 Å². The highest BCUT2D eigenvalue weighted by molar-refractivity contribution is 8.04. The molecule has 0 amide bonds. The van der Waals surface area contributed by atoms with E-state index in [1.54, 1.807) is 0 Å². The Morgan fingerprint density at radius 2 is 2.17 bits per heavy atom. The summed E-state index contributed by atoms with van der Waals surface area (Å²) in [6.07, 6.45) is 3.81. The van der Waals surface area contributed by atoms with Crippen molar-refractivity contribution in [1.29, 1.82) is 0 Å². The van der Waals surface area contributed by atoms with Crippen LogP contribution < -0.4 is 0 Å². The molecule has 6 heteroatoms. The van der Waals surface area contributed by atoms with E-state index in [1.807, 2.05) is 14.1 Å². The molecule has 0 fully saturated rings. The van der Waals surface area contributed by atoms with Crippen LogP contribution in [0.3, 0.4) is 0 Å². The molecule has 0 saturated carbocycles. The highest BCUT2D eigenvalue weighted by Gasteiger charge is 2.27. The van der Waals surface area contributed by atoms with E-state index in [4.69, 9.17) is 0 Å². The van der Waals surface area contributed by atoms with E-state index >= 15 is 0 Å². The molecule has 0 bridgehead atoms. The van der Waals surface area contributed by atoms with Crippen LogP contribution in [0.25, 0.3) is 0 Å². The Morgan fingerprint density at radius 1 is 1.39 bits per heavy atom. The molecule has 0 atom stereocenters. The molecule has 18 heavy (non-hydrogen) atoms. The van der Waals surface area contributed by atoms with E-state index in [9.17, 15) is 9.59 Å². The first-order chi connectivity index (χ1) is 8.59. The fourth-order valence-corrected chi connectivity index (χ4v) is 2.63. The average Bonchev–Trinajstić information content (AvgIpc) is 2.80. The van der Waals surface area contributed by atoms with Gasteiger partial charge in [0.25, 0.3) is 0 Å². The number of hydrogen-bond acceptors (Lipinski definition) is 5. The largest absolute Gasteiger partial charge is 0.309 e. The Bertz CT molecular complexity index is 505. The predicted octanol–water partition coefficient (Wildman–Crippen LogP) is 1.36. The number of Topliss-reactive ketones (excluding diaryl/α,β-unsaturated/α-hetero) is 1. The maximum atomic E-state index is 12.0. The molecule has 0 radical (unpaired) electrons. The first kappa shape index (κ1) is 13.0. The first-order valence-electron chi connectivity index (χ1n) is 5.71. The topological polar surface area (TPSA) is 66.1 Å². The van der Waals surface area contributed by atoms with Crippen molar-refractivity contribution < 1.29 is 9.59 Å². The van der Waals surface area contributed by atoms with Crippen molar-refractivity contribution in [2.45, 2.75) is 6.42 Å². The summed E-state index contributed by atoms with van der Waals surface area (Å²) < 4.78 is 0. The second-order valence-corrected chi connectivity index (χ2v) is 5.50. The van der Waals surface area contributed by atoms with Crippen LogP contribution in [0.15, 0.2) is 17.2 Å². The van der Waals surface area contributed by atoms with Gasteiger partial charge in [-0.1, -0.05) is 0 Å². The number of rotatable bonds is 5. The quantitative estimate of drug-likeness (QED) is 0.814. The summed E-state index contributed by atoms with van der Waals surface area (Å²) in [7, 11) is 4.02. The summed E-state index contributed by atoms with van der Waals surface area (Å²) in [5.74, 6) is 0.557. The number of nitrogens with zero attached hydrogens (tertiary/aromatic N) is 2. The van der Waals surface area contributed by atoms with Crippen molar-refractivity contribution >= 4 is 23.3 Å². The molecule has 0 saturated heterocycles. The second kappa shape index (κ2) is 5.49. The molecule has 0 aliphatic heterocycles. The Balaban J connectivity index is 1.98. The molecule has 0 aromatic carbocycles. The third-order valence-electron chi connectivity index (χ3n) is 2.62. The van der Waals surface area contributed by atoms with Gasteiger partial charge in [-0.25, -0.2) is 0 Å². The Labute approximate surface area is 110 Å². The maximum absolute atomic E-state index is 12.0. The van der Waals surface area contributed by atoms with Crippen LogP contribution in [-0.4, -0.2) is 53.1 Å². The number of carbonyl (C=O) groups excluding carboxylic acids is 2. The van der Waals surface area contributed by atoms with Gasteiger partial charge in [-0.05, 0) is 32.8 Å². The van der Waals surface area contributed by atoms with Crippen molar-refractivity contribution in [1.82, 2.24) is 15.1 Å². The van der Waals surface area contributed by atoms with Gasteiger partial charge in [0.15, 0.2) is 0 Å². The Morgan fingerprint density at radius 3 is 2.89 bits per heavy atom. The van der Waals surface area contributed by atoms with Gasteiger partial charge in [-0.15, -0.1) is 11.8 Å². The van der Waals surface area contributed by atoms with Crippen LogP contribution in [0.1, 0.15) is 27.3 Å². The lowest BCUT2D eigenvalue weighted by molar-refractivity contribution is 0.0989. The molecule has 1 heterocycles. The van der Waals surface area contributed by atoms with E-state index in [1.165, 1.54) is 24.0 Å². The number of allylic oxidation sites excluding steroid dienone is 2. The van der Waals surface area contributed by atoms with Crippen molar-refractivity contribution in [2.24, 2.45) is 0 Å². The van der Waals surface area contributed by atoms with E-state index in [0.29, 0.717) is 16.2 Å². The average molecular weight is 265 g/mol. The molecule has 1 aliphatic rings. The molecule has 0 unspecified atom stereocenters. The maximum Gasteiger partial charge on any atom is 0.205 e. The molecular weight excluding hydrogens is 250 g/mol. The summed E-state index contributed by atoms with van der Waals surface area (Å²) in [4.78, 5) is 26.4. The molecule has 96 valence electrons. The predicted molar refractivity (Wildman–Crippen MR) is 71.0 cm³/mol. The van der Waals surface area contributed by atoms with Gasteiger partial charge in [-0.2, -0.15) is 5.10 Å². The number of hydrogen-bond donors (Lipinski definition) is 1. The number of aromatic amines is 1. The number of fused-ring (bicyclic) bond motifs is 1. The fraction of sp³-hybridized carbons (Fsp3) is 0.417. The minimum Gasteiger partial charge on any atom is -0.309 e. The van der Waals surface area contributed by atoms with E-state index in [2.05, 4.69) is 15.1 Å². The van der Waals surface area contributed by atoms with E-state index < -0.39 is 0 Å². The van der Waals surface area contributed by atoms with Crippen LogP contribution in [0.2, 0.25) is 0 Å². The lowest BCUT2D eigenvalue weighted by Crippen LogP contribution is -2.16. The summed E-state index contributed by atoms with van der Waals surface area (Å²) in [6, 6.07) is 0. The highest BCUT2D eigenvalue weighted by Crippen LogP contribution is 2.27. The first-order valence-corrected chi connectivity index (χ1v) is 6.70. The molecule has 2 rings (SSSR count). The van der Waals surface area contributed by atoms with Gasteiger partial charge in [0.1, 0.15) is 5.69 Å². The van der Waals surface area contributed by atoms with Crippen LogP contribution >= 0.6 is 11.8 Å². The lowest BCUT2D eigenvalue weighted by atomic mass is 10.0. The van der Waals surface area contributed by atoms with Crippen molar-refractivity contribution in [3.05, 3.63) is 28.4 Å². The number of aromatic nitrogens is 2. The van der Waals surface area contributed by atoms with Crippen molar-refractivity contribution in [3.8, 4) is 0 Å². The molecule has 5 nitrogen and oxygen atoms in total. The monoisotopic (exact) mass is 265 g/mol. The van der Waals surface area contributed by atoms with Gasteiger partial charge in [0, 0.05) is 6.08 Å². The molecule has 1 N–H and O–H groups in total. The molecular formula is C12H15N3O2S. The van der Waals surface area contributed by atoms with Crippen LogP contribution in [0, 0.1) is 0 Å².